The first-order valence-electron chi connectivity index (χ1n) is 6.41. The van der Waals surface area contributed by atoms with Gasteiger partial charge < -0.3 is 10.0 Å². The summed E-state index contributed by atoms with van der Waals surface area (Å²) in [5, 5.41) is 9.19. The second-order valence-electron chi connectivity index (χ2n) is 4.83. The molecule has 0 atom stereocenters. The van der Waals surface area contributed by atoms with Crippen molar-refractivity contribution in [2.75, 3.05) is 7.05 Å². The van der Waals surface area contributed by atoms with Gasteiger partial charge in [0.15, 0.2) is 0 Å². The van der Waals surface area contributed by atoms with Gasteiger partial charge in [0.05, 0.1) is 6.42 Å². The van der Waals surface area contributed by atoms with E-state index in [0.29, 0.717) is 6.54 Å². The summed E-state index contributed by atoms with van der Waals surface area (Å²) in [6.45, 7) is 0.349. The zero-order chi connectivity index (χ0) is 15.4. The highest BCUT2D eigenvalue weighted by Crippen LogP contribution is 2.14. The van der Waals surface area contributed by atoms with E-state index in [-0.39, 0.29) is 23.6 Å². The highest BCUT2D eigenvalue weighted by molar-refractivity contribution is 5.78. The van der Waals surface area contributed by atoms with Crippen molar-refractivity contribution < 1.29 is 18.7 Å². The molecule has 1 amide bonds. The molecule has 2 aromatic carbocycles. The molecular weight excluding hydrogens is 276 g/mol. The zero-order valence-corrected chi connectivity index (χ0v) is 11.5. The van der Waals surface area contributed by atoms with Crippen molar-refractivity contribution in [3.63, 3.8) is 0 Å². The van der Waals surface area contributed by atoms with Crippen LogP contribution in [-0.2, 0) is 17.8 Å². The summed E-state index contributed by atoms with van der Waals surface area (Å²) >= 11 is 0. The molecule has 0 aromatic heterocycles. The molecule has 0 spiro atoms. The molecule has 0 heterocycles. The van der Waals surface area contributed by atoms with E-state index in [1.807, 2.05) is 0 Å². The summed E-state index contributed by atoms with van der Waals surface area (Å²) in [6.07, 6.45) is -0.124. The minimum atomic E-state index is -0.721. The predicted molar refractivity (Wildman–Crippen MR) is 74.6 cm³/mol. The number of likely N-dealkylation sites (N-methyl/N-ethyl adjacent to an activating group) is 1. The molecule has 2 rings (SSSR count). The Kier molecular flexibility index (Phi) is 4.52. The number of phenolic OH excluding ortho intramolecular Hbond substituents is 1. The van der Waals surface area contributed by atoms with Crippen LogP contribution in [-0.4, -0.2) is 23.0 Å². The number of nitrogens with zero attached hydrogens (tertiary/aromatic N) is 1. The number of amides is 1. The third-order valence-electron chi connectivity index (χ3n) is 3.14. The SMILES string of the molecule is CN(Cc1ccc(O)cc1)C(=O)Cc1ccc(F)cc1F. The Morgan fingerprint density at radius 2 is 1.81 bits per heavy atom. The Morgan fingerprint density at radius 1 is 1.14 bits per heavy atom. The van der Waals surface area contributed by atoms with E-state index in [9.17, 15) is 18.7 Å². The maximum atomic E-state index is 13.5. The highest BCUT2D eigenvalue weighted by Gasteiger charge is 2.13. The maximum absolute atomic E-state index is 13.5. The molecule has 3 nitrogen and oxygen atoms in total. The average Bonchev–Trinajstić information content (AvgIpc) is 2.44. The smallest absolute Gasteiger partial charge is 0.227 e. The first kappa shape index (κ1) is 15.0. The van der Waals surface area contributed by atoms with E-state index in [0.717, 1.165) is 17.7 Å². The lowest BCUT2D eigenvalue weighted by molar-refractivity contribution is -0.129. The minimum absolute atomic E-state index is 0.124. The third kappa shape index (κ3) is 4.02. The molecule has 0 aliphatic carbocycles. The van der Waals surface area contributed by atoms with Crippen LogP contribution in [0.5, 0.6) is 5.75 Å². The summed E-state index contributed by atoms with van der Waals surface area (Å²) in [5.74, 6) is -1.50. The average molecular weight is 291 g/mol. The largest absolute Gasteiger partial charge is 0.508 e. The number of phenols is 1. The zero-order valence-electron chi connectivity index (χ0n) is 11.5. The fourth-order valence-electron chi connectivity index (χ4n) is 1.93. The summed E-state index contributed by atoms with van der Waals surface area (Å²) in [7, 11) is 1.61. The first-order valence-corrected chi connectivity index (χ1v) is 6.41. The van der Waals surface area contributed by atoms with Crippen LogP contribution in [0.15, 0.2) is 42.5 Å². The van der Waals surface area contributed by atoms with Crippen molar-refractivity contribution in [3.8, 4) is 5.75 Å². The van der Waals surface area contributed by atoms with Crippen molar-refractivity contribution in [1.29, 1.82) is 0 Å². The molecular formula is C16H15F2NO2. The van der Waals surface area contributed by atoms with Gasteiger partial charge in [-0.3, -0.25) is 4.79 Å². The van der Waals surface area contributed by atoms with Gasteiger partial charge in [0.1, 0.15) is 17.4 Å². The molecule has 0 fully saturated rings. The number of benzene rings is 2. The van der Waals surface area contributed by atoms with Crippen LogP contribution in [0.4, 0.5) is 8.78 Å². The van der Waals surface area contributed by atoms with Gasteiger partial charge >= 0.3 is 0 Å². The highest BCUT2D eigenvalue weighted by atomic mass is 19.1. The van der Waals surface area contributed by atoms with Gasteiger partial charge in [-0.2, -0.15) is 0 Å². The van der Waals surface area contributed by atoms with Gasteiger partial charge in [0.25, 0.3) is 0 Å². The summed E-state index contributed by atoms with van der Waals surface area (Å²) < 4.78 is 26.3. The van der Waals surface area contributed by atoms with E-state index in [1.165, 1.54) is 23.1 Å². The van der Waals surface area contributed by atoms with Crippen LogP contribution < -0.4 is 0 Å². The molecule has 1 N–H and O–H groups in total. The number of carbonyl (C=O) groups is 1. The summed E-state index contributed by atoms with van der Waals surface area (Å²) in [6, 6.07) is 9.65. The van der Waals surface area contributed by atoms with Crippen molar-refractivity contribution in [2.24, 2.45) is 0 Å². The Balaban J connectivity index is 2.00. The van der Waals surface area contributed by atoms with Crippen LogP contribution in [0, 0.1) is 11.6 Å². The fraction of sp³-hybridized carbons (Fsp3) is 0.188. The van der Waals surface area contributed by atoms with Crippen molar-refractivity contribution >= 4 is 5.91 Å². The monoisotopic (exact) mass is 291 g/mol. The number of hydrogen-bond acceptors (Lipinski definition) is 2. The minimum Gasteiger partial charge on any atom is -0.508 e. The Hall–Kier alpha value is -2.43. The molecule has 0 aliphatic heterocycles. The molecule has 21 heavy (non-hydrogen) atoms. The van der Waals surface area contributed by atoms with E-state index in [1.54, 1.807) is 19.2 Å². The maximum Gasteiger partial charge on any atom is 0.227 e. The second kappa shape index (κ2) is 6.35. The van der Waals surface area contributed by atoms with Gasteiger partial charge in [-0.1, -0.05) is 18.2 Å². The van der Waals surface area contributed by atoms with Crippen molar-refractivity contribution in [3.05, 3.63) is 65.2 Å². The van der Waals surface area contributed by atoms with Crippen molar-refractivity contribution in [2.45, 2.75) is 13.0 Å². The van der Waals surface area contributed by atoms with Crippen LogP contribution in [0.3, 0.4) is 0 Å². The Labute approximate surface area is 121 Å². The molecule has 5 heteroatoms. The molecule has 2 aromatic rings. The normalized spacial score (nSPS) is 10.4. The lowest BCUT2D eigenvalue weighted by Crippen LogP contribution is -2.28. The van der Waals surface area contributed by atoms with Crippen LogP contribution in [0.2, 0.25) is 0 Å². The summed E-state index contributed by atoms with van der Waals surface area (Å²) in [4.78, 5) is 13.5. The standard InChI is InChI=1S/C16H15F2NO2/c1-19(10-11-2-6-14(20)7-3-11)16(21)8-12-4-5-13(17)9-15(12)18/h2-7,9,20H,8,10H2,1H3. The van der Waals surface area contributed by atoms with E-state index in [2.05, 4.69) is 0 Å². The third-order valence-corrected chi connectivity index (χ3v) is 3.14. The van der Waals surface area contributed by atoms with E-state index >= 15 is 0 Å². The first-order chi connectivity index (χ1) is 9.95. The number of aromatic hydroxyl groups is 1. The van der Waals surface area contributed by atoms with Crippen molar-refractivity contribution in [1.82, 2.24) is 4.90 Å². The van der Waals surface area contributed by atoms with Crippen LogP contribution in [0.25, 0.3) is 0 Å². The quantitative estimate of drug-likeness (QED) is 0.941. The molecule has 0 saturated heterocycles. The lowest BCUT2D eigenvalue weighted by atomic mass is 10.1. The number of halogens is 2. The van der Waals surface area contributed by atoms with Gasteiger partial charge in [0, 0.05) is 19.7 Å². The summed E-state index contributed by atoms with van der Waals surface area (Å²) in [5.41, 5.74) is 1.02. The molecule has 0 radical (unpaired) electrons. The lowest BCUT2D eigenvalue weighted by Gasteiger charge is -2.17. The van der Waals surface area contributed by atoms with Gasteiger partial charge in [-0.15, -0.1) is 0 Å². The number of carbonyl (C=O) groups excluding carboxylic acids is 1. The number of rotatable bonds is 4. The molecule has 110 valence electrons. The Morgan fingerprint density at radius 3 is 2.43 bits per heavy atom. The molecule has 0 unspecified atom stereocenters. The van der Waals surface area contributed by atoms with Crippen LogP contribution >= 0.6 is 0 Å². The molecule has 0 bridgehead atoms. The van der Waals surface area contributed by atoms with E-state index in [4.69, 9.17) is 0 Å². The van der Waals surface area contributed by atoms with Gasteiger partial charge in [-0.05, 0) is 29.3 Å². The topological polar surface area (TPSA) is 40.5 Å². The predicted octanol–water partition coefficient (Wildman–Crippen LogP) is 2.87. The van der Waals surface area contributed by atoms with Gasteiger partial charge in [-0.25, -0.2) is 8.78 Å². The Bertz CT molecular complexity index is 641. The fourth-order valence-corrected chi connectivity index (χ4v) is 1.93. The van der Waals surface area contributed by atoms with Crippen LogP contribution in [0.1, 0.15) is 11.1 Å². The van der Waals surface area contributed by atoms with Gasteiger partial charge in [0.2, 0.25) is 5.91 Å². The molecule has 0 saturated carbocycles. The number of hydrogen-bond donors (Lipinski definition) is 1. The molecule has 0 aliphatic rings. The van der Waals surface area contributed by atoms with E-state index < -0.39 is 11.6 Å². The second-order valence-corrected chi connectivity index (χ2v) is 4.83.